The number of halogens is 8. The van der Waals surface area contributed by atoms with Crippen LogP contribution in [0.4, 0.5) is 45.9 Å². The Morgan fingerprint density at radius 1 is 0.567 bits per heavy atom. The van der Waals surface area contributed by atoms with Crippen molar-refractivity contribution in [1.29, 1.82) is 10.8 Å². The Hall–Kier alpha value is -3.81. The van der Waals surface area contributed by atoms with Gasteiger partial charge in [-0.15, -0.1) is 0 Å². The van der Waals surface area contributed by atoms with Crippen molar-refractivity contribution in [3.8, 4) is 0 Å². The molecule has 0 atom stereocenters. The normalized spacial score (nSPS) is 12.1. The third-order valence-electron chi connectivity index (χ3n) is 3.22. The molecule has 1 aliphatic carbocycles. The zero-order chi connectivity index (χ0) is 23.3. The minimum absolute atomic E-state index is 0.174. The van der Waals surface area contributed by atoms with Gasteiger partial charge in [0.2, 0.25) is 10.8 Å². The largest absolute Gasteiger partial charge is 0.673 e. The Balaban J connectivity index is 0.000000378. The first-order chi connectivity index (χ1) is 13.7. The third-order valence-corrected chi connectivity index (χ3v) is 3.22. The van der Waals surface area contributed by atoms with E-state index in [1.54, 1.807) is 0 Å². The van der Waals surface area contributed by atoms with Crippen molar-refractivity contribution in [3.63, 3.8) is 0 Å². The molecule has 0 unspecified atom stereocenters. The van der Waals surface area contributed by atoms with Gasteiger partial charge in [0.1, 0.15) is 0 Å². The summed E-state index contributed by atoms with van der Waals surface area (Å²) in [6, 6.07) is 8.51. The Morgan fingerprint density at radius 3 is 1.10 bits per heavy atom. The fraction of sp³-hybridized carbons (Fsp3) is 0. The van der Waals surface area contributed by atoms with Crippen LogP contribution < -0.4 is 0 Å². The summed E-state index contributed by atoms with van der Waals surface area (Å²) < 4.78 is 78.0. The molecule has 0 aromatic heterocycles. The Bertz CT molecular complexity index is 980. The van der Waals surface area contributed by atoms with E-state index in [2.05, 4.69) is 9.95 Å². The summed E-state index contributed by atoms with van der Waals surface area (Å²) >= 11 is 0. The molecular weight excluding hydrogens is 430 g/mol. The Labute approximate surface area is 162 Å². The average molecular weight is 436 g/mol. The Morgan fingerprint density at radius 2 is 0.833 bits per heavy atom. The van der Waals surface area contributed by atoms with Crippen LogP contribution >= 0.6 is 0 Å². The fourth-order valence-corrected chi connectivity index (χ4v) is 2.25. The molecule has 2 aromatic rings. The molecule has 3 rings (SSSR count). The van der Waals surface area contributed by atoms with Crippen molar-refractivity contribution in [2.24, 2.45) is 0 Å². The third kappa shape index (κ3) is 7.31. The van der Waals surface area contributed by atoms with Gasteiger partial charge in [-0.25, -0.2) is 0 Å². The van der Waals surface area contributed by atoms with Crippen LogP contribution in [0.3, 0.4) is 0 Å². The van der Waals surface area contributed by atoms with E-state index in [0.717, 1.165) is 0 Å². The summed E-state index contributed by atoms with van der Waals surface area (Å²) in [5.41, 5.74) is 1.26. The smallest absolute Gasteiger partial charge is 0.418 e. The molecule has 0 heterocycles. The first-order valence-electron chi connectivity index (χ1n) is 7.48. The molecule has 16 heteroatoms. The lowest BCUT2D eigenvalue weighted by molar-refractivity contribution is 0.0979. The summed E-state index contributed by atoms with van der Waals surface area (Å²) in [6.45, 7) is 0. The first-order valence-corrected chi connectivity index (χ1v) is 7.48. The van der Waals surface area contributed by atoms with E-state index in [9.17, 15) is 44.1 Å². The van der Waals surface area contributed by atoms with Gasteiger partial charge >= 0.3 is 25.9 Å². The highest BCUT2D eigenvalue weighted by Gasteiger charge is 2.32. The van der Waals surface area contributed by atoms with Gasteiger partial charge in [-0.05, 0) is 12.1 Å². The minimum Gasteiger partial charge on any atom is -0.418 e. The van der Waals surface area contributed by atoms with Gasteiger partial charge < -0.3 is 34.5 Å². The molecule has 30 heavy (non-hydrogen) atoms. The first kappa shape index (κ1) is 24.2. The van der Waals surface area contributed by atoms with E-state index in [-0.39, 0.29) is 45.2 Å². The van der Waals surface area contributed by atoms with Gasteiger partial charge in [0, 0.05) is 46.5 Å². The van der Waals surface area contributed by atoms with Gasteiger partial charge in [0.05, 0.1) is 0 Å². The van der Waals surface area contributed by atoms with Crippen molar-refractivity contribution in [1.82, 2.24) is 0 Å². The lowest BCUT2D eigenvalue weighted by Gasteiger charge is -2.15. The molecule has 0 N–H and O–H groups in total. The number of carbonyl (C=O) groups excluding carboxylic acids is 2. The molecule has 0 saturated carbocycles. The van der Waals surface area contributed by atoms with E-state index < -0.39 is 14.5 Å². The van der Waals surface area contributed by atoms with Crippen LogP contribution in [-0.2, 0) is 0 Å². The molecule has 0 aliphatic heterocycles. The Kier molecular flexibility index (Phi) is 7.37. The number of hydrogen-bond acceptors (Lipinski definition) is 4. The van der Waals surface area contributed by atoms with Crippen molar-refractivity contribution in [2.45, 2.75) is 0 Å². The summed E-state index contributed by atoms with van der Waals surface area (Å²) in [6.07, 6.45) is 0. The lowest BCUT2D eigenvalue weighted by atomic mass is 9.83. The molecule has 6 nitrogen and oxygen atoms in total. The number of carbonyl (C=O) groups is 2. The van der Waals surface area contributed by atoms with Gasteiger partial charge in [0.25, 0.3) is 0 Å². The van der Waals surface area contributed by atoms with Crippen molar-refractivity contribution < 1.29 is 44.1 Å². The number of diazo groups is 2. The molecule has 0 spiro atoms. The SMILES string of the molecule is F[B-](F)(F)F.F[B-](F)(F)F.N#[N+]c1ccc2c(c1)C(=O)c1cc([N+]#N)ccc1C2=O. The number of benzene rings is 2. The van der Waals surface area contributed by atoms with Crippen LogP contribution in [0.2, 0.25) is 0 Å². The standard InChI is InChI=1S/C14H6N4O2.2BF4/c15-17-7-1-3-9-11(5-7)14(20)12-6-8(18-16)2-4-10(12)13(9)19;2*2-1(3,4)5/h1-6H;;/q+2;2*-1. The zero-order valence-electron chi connectivity index (χ0n) is 14.2. The van der Waals surface area contributed by atoms with Crippen LogP contribution in [0.25, 0.3) is 9.95 Å². The molecular formula is C14H6B2F8N4O2. The monoisotopic (exact) mass is 436 g/mol. The molecule has 2 aromatic carbocycles. The fourth-order valence-electron chi connectivity index (χ4n) is 2.25. The minimum atomic E-state index is -6.00. The number of rotatable bonds is 0. The van der Waals surface area contributed by atoms with Crippen molar-refractivity contribution in [2.75, 3.05) is 0 Å². The van der Waals surface area contributed by atoms with Crippen LogP contribution in [0.15, 0.2) is 36.4 Å². The summed E-state index contributed by atoms with van der Waals surface area (Å²) in [5.74, 6) is -0.658. The number of nitrogens with zero attached hydrogens (tertiary/aromatic N) is 4. The highest BCUT2D eigenvalue weighted by molar-refractivity contribution is 6.50. The van der Waals surface area contributed by atoms with E-state index in [0.29, 0.717) is 0 Å². The van der Waals surface area contributed by atoms with E-state index in [1.165, 1.54) is 36.4 Å². The van der Waals surface area contributed by atoms with Crippen LogP contribution in [0.1, 0.15) is 31.8 Å². The highest BCUT2D eigenvalue weighted by Crippen LogP contribution is 2.32. The molecule has 0 saturated heterocycles. The van der Waals surface area contributed by atoms with Crippen LogP contribution in [0.5, 0.6) is 0 Å². The van der Waals surface area contributed by atoms with Crippen LogP contribution in [-0.4, -0.2) is 26.1 Å². The van der Waals surface area contributed by atoms with Crippen molar-refractivity contribution in [3.05, 3.63) is 68.6 Å². The maximum Gasteiger partial charge on any atom is 0.673 e. The summed E-state index contributed by atoms with van der Waals surface area (Å²) in [4.78, 5) is 30.7. The zero-order valence-corrected chi connectivity index (χ0v) is 14.2. The molecule has 156 valence electrons. The molecule has 0 radical (unpaired) electrons. The quantitative estimate of drug-likeness (QED) is 0.245. The molecule has 0 fully saturated rings. The summed E-state index contributed by atoms with van der Waals surface area (Å²) in [7, 11) is -12.0. The second-order valence-electron chi connectivity index (χ2n) is 5.31. The van der Waals surface area contributed by atoms with E-state index in [1.807, 2.05) is 0 Å². The van der Waals surface area contributed by atoms with Gasteiger partial charge in [-0.2, -0.15) is 0 Å². The molecule has 0 amide bonds. The predicted octanol–water partition coefficient (Wildman–Crippen LogP) is 6.03. The predicted molar refractivity (Wildman–Crippen MR) is 89.6 cm³/mol. The van der Waals surface area contributed by atoms with E-state index in [4.69, 9.17) is 10.8 Å². The van der Waals surface area contributed by atoms with E-state index >= 15 is 0 Å². The average Bonchev–Trinajstić information content (AvgIpc) is 2.62. The van der Waals surface area contributed by atoms with Crippen LogP contribution in [0, 0.1) is 10.8 Å². The maximum atomic E-state index is 12.4. The van der Waals surface area contributed by atoms with Gasteiger partial charge in [-0.1, -0.05) is 0 Å². The number of fused-ring (bicyclic) bond motifs is 2. The van der Waals surface area contributed by atoms with Gasteiger partial charge in [0.15, 0.2) is 21.5 Å². The topological polar surface area (TPSA) is 90.4 Å². The van der Waals surface area contributed by atoms with Crippen molar-refractivity contribution >= 4 is 37.5 Å². The second-order valence-corrected chi connectivity index (χ2v) is 5.31. The highest BCUT2D eigenvalue weighted by atomic mass is 19.5. The summed E-state index contributed by atoms with van der Waals surface area (Å²) in [5, 5.41) is 17.5. The molecule has 0 bridgehead atoms. The molecule has 1 aliphatic rings. The maximum absolute atomic E-state index is 12.4. The number of ketones is 2. The second kappa shape index (κ2) is 9.13. The van der Waals surface area contributed by atoms with Gasteiger partial charge in [-0.3, -0.25) is 9.59 Å². The number of hydrogen-bond donors (Lipinski definition) is 0. The lowest BCUT2D eigenvalue weighted by Crippen LogP contribution is -2.20.